The largest absolute Gasteiger partial charge is 0.463 e. The number of esters is 1. The molecule has 0 bridgehead atoms. The second kappa shape index (κ2) is 9.21. The van der Waals surface area contributed by atoms with Crippen molar-refractivity contribution in [1.29, 1.82) is 0 Å². The van der Waals surface area contributed by atoms with Gasteiger partial charge < -0.3 is 10.1 Å². The summed E-state index contributed by atoms with van der Waals surface area (Å²) >= 11 is 6.24. The van der Waals surface area contributed by atoms with Gasteiger partial charge in [0.05, 0.1) is 23.5 Å². The van der Waals surface area contributed by atoms with Crippen molar-refractivity contribution in [2.45, 2.75) is 37.3 Å². The molecule has 2 aromatic rings. The number of sulfone groups is 1. The van der Waals surface area contributed by atoms with Gasteiger partial charge in [0.15, 0.2) is 9.84 Å². The van der Waals surface area contributed by atoms with E-state index in [0.29, 0.717) is 10.6 Å². The van der Waals surface area contributed by atoms with E-state index in [1.54, 1.807) is 38.1 Å². The van der Waals surface area contributed by atoms with Crippen LogP contribution < -0.4 is 5.32 Å². The number of carbonyl (C=O) groups is 2. The maximum Gasteiger partial charge on any atom is 0.308 e. The highest BCUT2D eigenvalue weighted by Gasteiger charge is 2.23. The maximum atomic E-state index is 12.6. The zero-order chi connectivity index (χ0) is 20.9. The van der Waals surface area contributed by atoms with Crippen molar-refractivity contribution in [3.8, 4) is 0 Å². The molecule has 0 aliphatic heterocycles. The van der Waals surface area contributed by atoms with Crippen LogP contribution in [-0.2, 0) is 19.4 Å². The Balaban J connectivity index is 2.25. The molecule has 150 valence electrons. The number of benzene rings is 2. The molecular formula is C20H22ClNO5S. The fourth-order valence-corrected chi connectivity index (χ4v) is 3.47. The first kappa shape index (κ1) is 21.9. The Hall–Kier alpha value is -2.38. The zero-order valence-corrected chi connectivity index (χ0v) is 17.4. The average molecular weight is 424 g/mol. The summed E-state index contributed by atoms with van der Waals surface area (Å²) in [5, 5.41) is 3.19. The van der Waals surface area contributed by atoms with E-state index < -0.39 is 27.8 Å². The molecule has 0 fully saturated rings. The highest BCUT2D eigenvalue weighted by atomic mass is 35.5. The van der Waals surface area contributed by atoms with Gasteiger partial charge in [-0.3, -0.25) is 9.59 Å². The molecule has 8 heteroatoms. The fraction of sp³-hybridized carbons (Fsp3) is 0.300. The topological polar surface area (TPSA) is 89.5 Å². The van der Waals surface area contributed by atoms with Crippen molar-refractivity contribution in [3.05, 3.63) is 64.7 Å². The lowest BCUT2D eigenvalue weighted by Gasteiger charge is -2.20. The van der Waals surface area contributed by atoms with Gasteiger partial charge >= 0.3 is 5.97 Å². The molecule has 0 heterocycles. The van der Waals surface area contributed by atoms with Crippen molar-refractivity contribution >= 4 is 33.3 Å². The molecule has 0 saturated carbocycles. The van der Waals surface area contributed by atoms with Gasteiger partial charge in [0.1, 0.15) is 0 Å². The van der Waals surface area contributed by atoms with Gasteiger partial charge in [-0.25, -0.2) is 8.42 Å². The molecule has 1 unspecified atom stereocenters. The number of hydrogen-bond donors (Lipinski definition) is 1. The molecular weight excluding hydrogens is 402 g/mol. The third-order valence-corrected chi connectivity index (χ3v) is 5.34. The van der Waals surface area contributed by atoms with E-state index in [0.717, 1.165) is 6.26 Å². The summed E-state index contributed by atoms with van der Waals surface area (Å²) in [7, 11) is -3.35. The van der Waals surface area contributed by atoms with Gasteiger partial charge in [0.25, 0.3) is 5.91 Å². The first-order chi connectivity index (χ1) is 13.1. The van der Waals surface area contributed by atoms with Crippen molar-refractivity contribution in [2.24, 2.45) is 0 Å². The Morgan fingerprint density at radius 1 is 1.07 bits per heavy atom. The van der Waals surface area contributed by atoms with E-state index in [2.05, 4.69) is 5.32 Å². The van der Waals surface area contributed by atoms with E-state index in [4.69, 9.17) is 16.3 Å². The second-order valence-electron chi connectivity index (χ2n) is 6.59. The molecule has 28 heavy (non-hydrogen) atoms. The van der Waals surface area contributed by atoms with Crippen LogP contribution in [-0.4, -0.2) is 32.7 Å². The highest BCUT2D eigenvalue weighted by Crippen LogP contribution is 2.26. The van der Waals surface area contributed by atoms with Crippen molar-refractivity contribution < 1.29 is 22.7 Å². The van der Waals surface area contributed by atoms with Gasteiger partial charge in [0.2, 0.25) is 0 Å². The Morgan fingerprint density at radius 2 is 1.68 bits per heavy atom. The quantitative estimate of drug-likeness (QED) is 0.688. The van der Waals surface area contributed by atoms with Crippen LogP contribution in [0.15, 0.2) is 53.4 Å². The number of carbonyl (C=O) groups excluding carboxylic acids is 2. The van der Waals surface area contributed by atoms with E-state index in [1.807, 2.05) is 0 Å². The van der Waals surface area contributed by atoms with Crippen molar-refractivity contribution in [3.63, 3.8) is 0 Å². The summed E-state index contributed by atoms with van der Waals surface area (Å²) in [6.45, 7) is 3.48. The molecule has 2 aromatic carbocycles. The summed E-state index contributed by atoms with van der Waals surface area (Å²) in [6, 6.07) is 11.8. The van der Waals surface area contributed by atoms with E-state index in [1.165, 1.54) is 24.3 Å². The number of halogens is 1. The van der Waals surface area contributed by atoms with Crippen LogP contribution in [0.3, 0.4) is 0 Å². The molecule has 0 aliphatic carbocycles. The number of ether oxygens (including phenoxy) is 1. The van der Waals surface area contributed by atoms with E-state index >= 15 is 0 Å². The zero-order valence-electron chi connectivity index (χ0n) is 15.8. The first-order valence-electron chi connectivity index (χ1n) is 8.63. The third kappa shape index (κ3) is 6.07. The molecule has 2 rings (SSSR count). The molecule has 1 atom stereocenters. The number of hydrogen-bond acceptors (Lipinski definition) is 5. The van der Waals surface area contributed by atoms with Gasteiger partial charge in [-0.1, -0.05) is 29.8 Å². The molecule has 0 spiro atoms. The van der Waals surface area contributed by atoms with Crippen LogP contribution in [0.5, 0.6) is 0 Å². The Bertz CT molecular complexity index is 955. The predicted molar refractivity (Wildman–Crippen MR) is 107 cm³/mol. The first-order valence-corrected chi connectivity index (χ1v) is 10.9. The van der Waals surface area contributed by atoms with Crippen LogP contribution in [0.1, 0.15) is 42.2 Å². The molecule has 6 nitrogen and oxygen atoms in total. The lowest BCUT2D eigenvalue weighted by molar-refractivity contribution is -0.147. The van der Waals surface area contributed by atoms with Gasteiger partial charge in [0, 0.05) is 16.8 Å². The molecule has 0 aromatic heterocycles. The smallest absolute Gasteiger partial charge is 0.308 e. The van der Waals surface area contributed by atoms with E-state index in [-0.39, 0.29) is 23.0 Å². The molecule has 0 saturated heterocycles. The predicted octanol–water partition coefficient (Wildman–Crippen LogP) is 3.56. The summed E-state index contributed by atoms with van der Waals surface area (Å²) < 4.78 is 28.3. The lowest BCUT2D eigenvalue weighted by Crippen LogP contribution is -2.31. The average Bonchev–Trinajstić information content (AvgIpc) is 2.60. The van der Waals surface area contributed by atoms with Crippen LogP contribution in [0, 0.1) is 0 Å². The standard InChI is InChI=1S/C20H22ClNO5S/c1-13(2)27-19(23)12-18(16-6-4-5-7-17(16)21)22-20(24)14-8-10-15(11-9-14)28(3,25)26/h4-11,13,18H,12H2,1-3H3,(H,22,24). The summed E-state index contributed by atoms with van der Waals surface area (Å²) in [4.78, 5) is 24.9. The highest BCUT2D eigenvalue weighted by molar-refractivity contribution is 7.90. The minimum Gasteiger partial charge on any atom is -0.463 e. The summed E-state index contributed by atoms with van der Waals surface area (Å²) in [5.41, 5.74) is 0.854. The van der Waals surface area contributed by atoms with Crippen molar-refractivity contribution in [2.75, 3.05) is 6.26 Å². The summed E-state index contributed by atoms with van der Waals surface area (Å²) in [5.74, 6) is -0.921. The normalized spacial score (nSPS) is 12.5. The molecule has 1 N–H and O–H groups in total. The monoisotopic (exact) mass is 423 g/mol. The van der Waals surface area contributed by atoms with Crippen LogP contribution in [0.4, 0.5) is 0 Å². The van der Waals surface area contributed by atoms with E-state index in [9.17, 15) is 18.0 Å². The number of amides is 1. The van der Waals surface area contributed by atoms with Gasteiger partial charge in [-0.2, -0.15) is 0 Å². The number of rotatable bonds is 7. The molecule has 0 aliphatic rings. The third-order valence-electron chi connectivity index (χ3n) is 3.87. The van der Waals surface area contributed by atoms with Gasteiger partial charge in [-0.15, -0.1) is 0 Å². The van der Waals surface area contributed by atoms with Crippen molar-refractivity contribution in [1.82, 2.24) is 5.32 Å². The van der Waals surface area contributed by atoms with Crippen LogP contribution >= 0.6 is 11.6 Å². The molecule has 1 amide bonds. The minimum atomic E-state index is -3.35. The number of nitrogens with one attached hydrogen (secondary N) is 1. The maximum absolute atomic E-state index is 12.6. The minimum absolute atomic E-state index is 0.0882. The SMILES string of the molecule is CC(C)OC(=O)CC(NC(=O)c1ccc(S(C)(=O)=O)cc1)c1ccccc1Cl. The Morgan fingerprint density at radius 3 is 2.21 bits per heavy atom. The Labute approximate surface area is 169 Å². The fourth-order valence-electron chi connectivity index (χ4n) is 2.57. The molecule has 0 radical (unpaired) electrons. The lowest BCUT2D eigenvalue weighted by atomic mass is 10.0. The van der Waals surface area contributed by atoms with Crippen LogP contribution in [0.2, 0.25) is 5.02 Å². The Kier molecular flexibility index (Phi) is 7.21. The summed E-state index contributed by atoms with van der Waals surface area (Å²) in [6.07, 6.45) is 0.726. The van der Waals surface area contributed by atoms with Gasteiger partial charge in [-0.05, 0) is 49.7 Å². The van der Waals surface area contributed by atoms with Crippen LogP contribution in [0.25, 0.3) is 0 Å². The second-order valence-corrected chi connectivity index (χ2v) is 9.01.